The normalized spacial score (nSPS) is 10.9. The molecular formula is C27H19Cl2N3O4. The van der Waals surface area contributed by atoms with Crippen LogP contribution in [0.2, 0.25) is 10.0 Å². The molecule has 0 aliphatic rings. The molecule has 36 heavy (non-hydrogen) atoms. The Hall–Kier alpha value is -4.20. The molecule has 0 saturated heterocycles. The topological polar surface area (TPSA) is 96.9 Å². The van der Waals surface area contributed by atoms with Gasteiger partial charge in [-0.05, 0) is 48.0 Å². The van der Waals surface area contributed by atoms with Gasteiger partial charge in [-0.15, -0.1) is 0 Å². The SMILES string of the molecule is Cc1ccc(C(=O)Oc2ccc3ccccc3c2/C=N\NC(=O)C(=O)Nc2cccc(Cl)c2Cl)cc1. The predicted molar refractivity (Wildman–Crippen MR) is 141 cm³/mol. The molecule has 180 valence electrons. The summed E-state index contributed by atoms with van der Waals surface area (Å²) < 4.78 is 5.64. The van der Waals surface area contributed by atoms with E-state index in [-0.39, 0.29) is 21.5 Å². The zero-order valence-electron chi connectivity index (χ0n) is 18.9. The van der Waals surface area contributed by atoms with Gasteiger partial charge >= 0.3 is 17.8 Å². The first-order valence-electron chi connectivity index (χ1n) is 10.7. The van der Waals surface area contributed by atoms with E-state index in [9.17, 15) is 14.4 Å². The van der Waals surface area contributed by atoms with Crippen molar-refractivity contribution in [2.75, 3.05) is 5.32 Å². The minimum absolute atomic E-state index is 0.111. The number of benzene rings is 4. The maximum absolute atomic E-state index is 12.7. The molecule has 0 atom stereocenters. The number of aryl methyl sites for hydroxylation is 1. The van der Waals surface area contributed by atoms with Gasteiger partial charge < -0.3 is 10.1 Å². The summed E-state index contributed by atoms with van der Waals surface area (Å²) >= 11 is 12.0. The average molecular weight is 520 g/mol. The average Bonchev–Trinajstić information content (AvgIpc) is 2.88. The number of fused-ring (bicyclic) bond motifs is 1. The molecule has 4 aromatic carbocycles. The number of anilines is 1. The standard InChI is InChI=1S/C27H19Cl2N3O4/c1-16-9-11-18(12-10-16)27(35)36-23-14-13-17-5-2-3-6-19(17)20(23)15-30-32-26(34)25(33)31-22-8-4-7-21(28)24(22)29/h2-15H,1H3,(H,31,33)(H,32,34)/b30-15-. The molecule has 9 heteroatoms. The molecule has 0 saturated carbocycles. The van der Waals surface area contributed by atoms with E-state index in [1.165, 1.54) is 12.3 Å². The van der Waals surface area contributed by atoms with E-state index in [1.54, 1.807) is 30.3 Å². The second-order valence-electron chi connectivity index (χ2n) is 7.71. The minimum Gasteiger partial charge on any atom is -0.422 e. The van der Waals surface area contributed by atoms with Gasteiger partial charge in [-0.25, -0.2) is 10.2 Å². The highest BCUT2D eigenvalue weighted by Gasteiger charge is 2.17. The van der Waals surface area contributed by atoms with Gasteiger partial charge in [-0.3, -0.25) is 9.59 Å². The van der Waals surface area contributed by atoms with Crippen LogP contribution in [0.4, 0.5) is 5.69 Å². The molecule has 4 rings (SSSR count). The molecule has 0 aliphatic heterocycles. The molecule has 0 aromatic heterocycles. The Morgan fingerprint density at radius 2 is 1.61 bits per heavy atom. The predicted octanol–water partition coefficient (Wildman–Crippen LogP) is 5.76. The Kier molecular flexibility index (Phi) is 7.63. The van der Waals surface area contributed by atoms with Crippen molar-refractivity contribution < 1.29 is 19.1 Å². The first-order chi connectivity index (χ1) is 17.3. The molecule has 0 unspecified atom stereocenters. The number of halogens is 2. The number of amides is 2. The van der Waals surface area contributed by atoms with Crippen LogP contribution in [0.15, 0.2) is 84.0 Å². The van der Waals surface area contributed by atoms with E-state index in [1.807, 2.05) is 49.4 Å². The van der Waals surface area contributed by atoms with Crippen molar-refractivity contribution in [2.45, 2.75) is 6.92 Å². The van der Waals surface area contributed by atoms with E-state index >= 15 is 0 Å². The van der Waals surface area contributed by atoms with Gasteiger partial charge in [0.1, 0.15) is 5.75 Å². The fourth-order valence-electron chi connectivity index (χ4n) is 3.33. The maximum Gasteiger partial charge on any atom is 0.343 e. The lowest BCUT2D eigenvalue weighted by molar-refractivity contribution is -0.136. The van der Waals surface area contributed by atoms with Gasteiger partial charge in [0.05, 0.1) is 27.5 Å². The number of carbonyl (C=O) groups is 3. The van der Waals surface area contributed by atoms with Crippen LogP contribution in [0.25, 0.3) is 10.8 Å². The van der Waals surface area contributed by atoms with E-state index in [0.29, 0.717) is 11.1 Å². The number of esters is 1. The Labute approximate surface area is 216 Å². The van der Waals surface area contributed by atoms with Crippen LogP contribution in [-0.4, -0.2) is 24.0 Å². The van der Waals surface area contributed by atoms with E-state index in [0.717, 1.165) is 16.3 Å². The van der Waals surface area contributed by atoms with Crippen molar-refractivity contribution in [1.82, 2.24) is 5.43 Å². The lowest BCUT2D eigenvalue weighted by atomic mass is 10.0. The van der Waals surface area contributed by atoms with Gasteiger partial charge in [0, 0.05) is 5.56 Å². The zero-order valence-corrected chi connectivity index (χ0v) is 20.4. The summed E-state index contributed by atoms with van der Waals surface area (Å²) in [6, 6.07) is 22.5. The highest BCUT2D eigenvalue weighted by molar-refractivity contribution is 6.45. The van der Waals surface area contributed by atoms with Crippen LogP contribution in [0.5, 0.6) is 5.75 Å². The number of rotatable bonds is 5. The Balaban J connectivity index is 1.54. The number of nitrogens with one attached hydrogen (secondary N) is 2. The highest BCUT2D eigenvalue weighted by Crippen LogP contribution is 2.30. The molecule has 0 radical (unpaired) electrons. The van der Waals surface area contributed by atoms with E-state index < -0.39 is 17.8 Å². The van der Waals surface area contributed by atoms with Crippen LogP contribution in [-0.2, 0) is 9.59 Å². The summed E-state index contributed by atoms with van der Waals surface area (Å²) in [6.07, 6.45) is 1.32. The van der Waals surface area contributed by atoms with Gasteiger partial charge in [0.2, 0.25) is 0 Å². The van der Waals surface area contributed by atoms with Crippen LogP contribution in [0.1, 0.15) is 21.5 Å². The maximum atomic E-state index is 12.7. The Bertz CT molecular complexity index is 1500. The number of hydrogen-bond acceptors (Lipinski definition) is 5. The quantitative estimate of drug-likeness (QED) is 0.115. The van der Waals surface area contributed by atoms with Crippen LogP contribution in [0, 0.1) is 6.92 Å². The molecule has 0 aliphatic carbocycles. The van der Waals surface area contributed by atoms with Gasteiger partial charge in [-0.2, -0.15) is 5.10 Å². The summed E-state index contributed by atoms with van der Waals surface area (Å²) in [7, 11) is 0. The minimum atomic E-state index is -1.03. The summed E-state index contributed by atoms with van der Waals surface area (Å²) in [6.45, 7) is 1.92. The first kappa shape index (κ1) is 24.9. The van der Waals surface area contributed by atoms with Crippen molar-refractivity contribution in [2.24, 2.45) is 5.10 Å². The number of ether oxygens (including phenoxy) is 1. The van der Waals surface area contributed by atoms with Crippen LogP contribution < -0.4 is 15.5 Å². The van der Waals surface area contributed by atoms with Gasteiger partial charge in [0.25, 0.3) is 0 Å². The molecule has 2 N–H and O–H groups in total. The third-order valence-electron chi connectivity index (χ3n) is 5.19. The lowest BCUT2D eigenvalue weighted by Gasteiger charge is -2.11. The third-order valence-corrected chi connectivity index (χ3v) is 6.01. The lowest BCUT2D eigenvalue weighted by Crippen LogP contribution is -2.32. The third kappa shape index (κ3) is 5.71. The van der Waals surface area contributed by atoms with Crippen LogP contribution >= 0.6 is 23.2 Å². The highest BCUT2D eigenvalue weighted by atomic mass is 35.5. The molecule has 0 bridgehead atoms. The van der Waals surface area contributed by atoms with E-state index in [2.05, 4.69) is 15.8 Å². The summed E-state index contributed by atoms with van der Waals surface area (Å²) in [5.41, 5.74) is 4.22. The second-order valence-corrected chi connectivity index (χ2v) is 8.49. The monoisotopic (exact) mass is 519 g/mol. The second kappa shape index (κ2) is 11.0. The molecule has 2 amide bonds. The molecule has 0 heterocycles. The van der Waals surface area contributed by atoms with E-state index in [4.69, 9.17) is 27.9 Å². The van der Waals surface area contributed by atoms with Crippen molar-refractivity contribution >= 4 is 63.7 Å². The fourth-order valence-corrected chi connectivity index (χ4v) is 3.68. The first-order valence-corrected chi connectivity index (χ1v) is 11.5. The van der Waals surface area contributed by atoms with Crippen molar-refractivity contribution in [3.05, 3.63) is 106 Å². The van der Waals surface area contributed by atoms with Gasteiger partial charge in [0.15, 0.2) is 0 Å². The van der Waals surface area contributed by atoms with Gasteiger partial charge in [-0.1, -0.05) is 77.3 Å². The summed E-state index contributed by atoms with van der Waals surface area (Å²) in [5.74, 6) is -2.31. The summed E-state index contributed by atoms with van der Waals surface area (Å²) in [5, 5.41) is 8.24. The largest absolute Gasteiger partial charge is 0.422 e. The van der Waals surface area contributed by atoms with Crippen molar-refractivity contribution in [1.29, 1.82) is 0 Å². The zero-order chi connectivity index (χ0) is 25.7. The van der Waals surface area contributed by atoms with Crippen molar-refractivity contribution in [3.63, 3.8) is 0 Å². The molecule has 0 fully saturated rings. The molecular weight excluding hydrogens is 501 g/mol. The Morgan fingerprint density at radius 3 is 2.39 bits per heavy atom. The number of nitrogens with zero attached hydrogens (tertiary/aromatic N) is 1. The number of hydrogen-bond donors (Lipinski definition) is 2. The van der Waals surface area contributed by atoms with Crippen LogP contribution in [0.3, 0.4) is 0 Å². The number of hydrazone groups is 1. The molecule has 0 spiro atoms. The fraction of sp³-hybridized carbons (Fsp3) is 0.0370. The number of carbonyl (C=O) groups excluding carboxylic acids is 3. The van der Waals surface area contributed by atoms with Crippen molar-refractivity contribution in [3.8, 4) is 5.75 Å². The summed E-state index contributed by atoms with van der Waals surface area (Å²) in [4.78, 5) is 37.2. The Morgan fingerprint density at radius 1 is 0.861 bits per heavy atom. The molecule has 7 nitrogen and oxygen atoms in total. The smallest absolute Gasteiger partial charge is 0.343 e. The molecule has 4 aromatic rings.